The minimum atomic E-state index is 0.213. The lowest BCUT2D eigenvalue weighted by molar-refractivity contribution is 0.0442. The van der Waals surface area contributed by atoms with Gasteiger partial charge in [-0.3, -0.25) is 0 Å². The zero-order chi connectivity index (χ0) is 12.6. The number of amides is 2. The van der Waals surface area contributed by atoms with Crippen LogP contribution in [0.15, 0.2) is 0 Å². The molecule has 2 atom stereocenters. The van der Waals surface area contributed by atoms with E-state index in [2.05, 4.69) is 38.2 Å². The van der Waals surface area contributed by atoms with Gasteiger partial charge < -0.3 is 20.0 Å². The molecule has 0 aromatic rings. The highest BCUT2D eigenvalue weighted by Crippen LogP contribution is 2.19. The first-order chi connectivity index (χ1) is 8.00. The highest BCUT2D eigenvalue weighted by molar-refractivity contribution is 5.76. The quantitative estimate of drug-likeness (QED) is 0.703. The van der Waals surface area contributed by atoms with Crippen molar-refractivity contribution in [2.45, 2.75) is 32.0 Å². The van der Waals surface area contributed by atoms with E-state index in [1.54, 1.807) is 0 Å². The monoisotopic (exact) mass is 240 g/mol. The zero-order valence-electron chi connectivity index (χ0n) is 11.3. The second-order valence-corrected chi connectivity index (χ2v) is 5.57. The largest absolute Gasteiger partial charge is 0.321 e. The molecule has 0 aliphatic carbocycles. The normalized spacial score (nSPS) is 30.6. The molecule has 1 N–H and O–H groups in total. The van der Waals surface area contributed by atoms with Gasteiger partial charge in [0.25, 0.3) is 0 Å². The summed E-state index contributed by atoms with van der Waals surface area (Å²) in [6.45, 7) is 7.78. The van der Waals surface area contributed by atoms with E-state index in [0.717, 1.165) is 26.2 Å². The number of urea groups is 1. The topological polar surface area (TPSA) is 38.8 Å². The molecule has 2 fully saturated rings. The third-order valence-corrected chi connectivity index (χ3v) is 3.91. The molecule has 2 saturated heterocycles. The van der Waals surface area contributed by atoms with E-state index in [1.165, 1.54) is 0 Å². The molecule has 0 saturated carbocycles. The Bertz CT molecular complexity index is 278. The van der Waals surface area contributed by atoms with E-state index < -0.39 is 0 Å². The SMILES string of the molecule is C[C@H]1CNC[C@H](C)N1C(=O)N1CC(N(C)C)C1. The molecule has 5 heteroatoms. The molecule has 2 amide bonds. The summed E-state index contributed by atoms with van der Waals surface area (Å²) in [6, 6.07) is 1.34. The Labute approximate surface area is 104 Å². The number of carbonyl (C=O) groups is 1. The summed E-state index contributed by atoms with van der Waals surface area (Å²) in [5, 5.41) is 3.35. The molecule has 0 aromatic heterocycles. The average Bonchev–Trinajstić information content (AvgIpc) is 2.13. The number of hydrogen-bond acceptors (Lipinski definition) is 3. The second kappa shape index (κ2) is 4.82. The predicted octanol–water partition coefficient (Wildman–Crippen LogP) is 0.0344. The zero-order valence-corrected chi connectivity index (χ0v) is 11.3. The molecule has 98 valence electrons. The summed E-state index contributed by atoms with van der Waals surface area (Å²) in [5.74, 6) is 0. The van der Waals surface area contributed by atoms with Crippen molar-refractivity contribution in [3.8, 4) is 0 Å². The maximum Gasteiger partial charge on any atom is 0.320 e. The third-order valence-electron chi connectivity index (χ3n) is 3.91. The molecule has 2 rings (SSSR count). The van der Waals surface area contributed by atoms with Crippen LogP contribution in [0.1, 0.15) is 13.8 Å². The van der Waals surface area contributed by atoms with Gasteiger partial charge in [-0.15, -0.1) is 0 Å². The standard InChI is InChI=1S/C12H24N4O/c1-9-5-13-6-10(2)16(9)12(17)15-7-11(8-15)14(3)4/h9-11,13H,5-8H2,1-4H3/t9-,10-/m0/s1. The molecule has 0 spiro atoms. The van der Waals surface area contributed by atoms with Crippen LogP contribution in [0.25, 0.3) is 0 Å². The molecule has 0 unspecified atom stereocenters. The average molecular weight is 240 g/mol. The van der Waals surface area contributed by atoms with E-state index in [4.69, 9.17) is 0 Å². The van der Waals surface area contributed by atoms with Gasteiger partial charge in [-0.2, -0.15) is 0 Å². The molecular formula is C12H24N4O. The summed E-state index contributed by atoms with van der Waals surface area (Å²) in [4.78, 5) is 18.6. The van der Waals surface area contributed by atoms with Crippen molar-refractivity contribution in [2.24, 2.45) is 0 Å². The molecule has 0 radical (unpaired) electrons. The minimum absolute atomic E-state index is 0.213. The fraction of sp³-hybridized carbons (Fsp3) is 0.917. The first kappa shape index (κ1) is 12.6. The van der Waals surface area contributed by atoms with Crippen LogP contribution < -0.4 is 5.32 Å². The lowest BCUT2D eigenvalue weighted by Crippen LogP contribution is -2.66. The van der Waals surface area contributed by atoms with Crippen LogP contribution in [0.3, 0.4) is 0 Å². The fourth-order valence-electron chi connectivity index (χ4n) is 2.61. The van der Waals surface area contributed by atoms with E-state index in [1.807, 2.05) is 9.80 Å². The van der Waals surface area contributed by atoms with Crippen molar-refractivity contribution in [1.29, 1.82) is 0 Å². The van der Waals surface area contributed by atoms with Crippen LogP contribution >= 0.6 is 0 Å². The van der Waals surface area contributed by atoms with Gasteiger partial charge in [0.1, 0.15) is 0 Å². The smallest absolute Gasteiger partial charge is 0.320 e. The van der Waals surface area contributed by atoms with Gasteiger partial charge in [-0.05, 0) is 27.9 Å². The number of nitrogens with one attached hydrogen (secondary N) is 1. The summed E-state index contributed by atoms with van der Waals surface area (Å²) in [6.07, 6.45) is 0. The lowest BCUT2D eigenvalue weighted by atomic mass is 10.1. The minimum Gasteiger partial charge on any atom is -0.321 e. The highest BCUT2D eigenvalue weighted by atomic mass is 16.2. The number of nitrogens with zero attached hydrogens (tertiary/aromatic N) is 3. The number of likely N-dealkylation sites (tertiary alicyclic amines) is 1. The number of likely N-dealkylation sites (N-methyl/N-ethyl adjacent to an activating group) is 1. The van der Waals surface area contributed by atoms with Crippen LogP contribution in [0.2, 0.25) is 0 Å². The Morgan fingerprint density at radius 2 is 1.71 bits per heavy atom. The van der Waals surface area contributed by atoms with Crippen LogP contribution in [0.4, 0.5) is 4.79 Å². The van der Waals surface area contributed by atoms with Crippen molar-refractivity contribution in [2.75, 3.05) is 40.3 Å². The van der Waals surface area contributed by atoms with Crippen LogP contribution in [0, 0.1) is 0 Å². The van der Waals surface area contributed by atoms with Gasteiger partial charge in [0.2, 0.25) is 0 Å². The summed E-state index contributed by atoms with van der Waals surface area (Å²) in [5.41, 5.74) is 0. The first-order valence-electron chi connectivity index (χ1n) is 6.45. The van der Waals surface area contributed by atoms with Crippen LogP contribution in [-0.4, -0.2) is 79.1 Å². The van der Waals surface area contributed by atoms with E-state index in [0.29, 0.717) is 18.1 Å². The second-order valence-electron chi connectivity index (χ2n) is 5.57. The number of hydrogen-bond donors (Lipinski definition) is 1. The molecule has 2 aliphatic rings. The lowest BCUT2D eigenvalue weighted by Gasteiger charge is -2.48. The Balaban J connectivity index is 1.92. The maximum absolute atomic E-state index is 12.4. The predicted molar refractivity (Wildman–Crippen MR) is 68.1 cm³/mol. The first-order valence-corrected chi connectivity index (χ1v) is 6.45. The molecule has 5 nitrogen and oxygen atoms in total. The highest BCUT2D eigenvalue weighted by Gasteiger charge is 2.38. The van der Waals surface area contributed by atoms with Crippen molar-refractivity contribution in [1.82, 2.24) is 20.0 Å². The molecule has 0 bridgehead atoms. The summed E-state index contributed by atoms with van der Waals surface area (Å²) in [7, 11) is 4.14. The molecule has 17 heavy (non-hydrogen) atoms. The fourth-order valence-corrected chi connectivity index (χ4v) is 2.61. The Kier molecular flexibility index (Phi) is 3.58. The van der Waals surface area contributed by atoms with Crippen molar-refractivity contribution in [3.05, 3.63) is 0 Å². The Morgan fingerprint density at radius 1 is 1.18 bits per heavy atom. The van der Waals surface area contributed by atoms with Crippen molar-refractivity contribution >= 4 is 6.03 Å². The van der Waals surface area contributed by atoms with Crippen LogP contribution in [-0.2, 0) is 0 Å². The van der Waals surface area contributed by atoms with Gasteiger partial charge >= 0.3 is 6.03 Å². The third kappa shape index (κ3) is 2.40. The van der Waals surface area contributed by atoms with Gasteiger partial charge in [0.05, 0.1) is 0 Å². The van der Waals surface area contributed by atoms with Crippen molar-refractivity contribution in [3.63, 3.8) is 0 Å². The van der Waals surface area contributed by atoms with E-state index >= 15 is 0 Å². The van der Waals surface area contributed by atoms with Gasteiger partial charge in [0, 0.05) is 44.3 Å². The molecular weight excluding hydrogens is 216 g/mol. The van der Waals surface area contributed by atoms with Gasteiger partial charge in [-0.25, -0.2) is 4.79 Å². The van der Waals surface area contributed by atoms with E-state index in [9.17, 15) is 4.79 Å². The maximum atomic E-state index is 12.4. The van der Waals surface area contributed by atoms with Gasteiger partial charge in [0.15, 0.2) is 0 Å². The Morgan fingerprint density at radius 3 is 2.18 bits per heavy atom. The number of piperazine rings is 1. The van der Waals surface area contributed by atoms with E-state index in [-0.39, 0.29) is 6.03 Å². The number of rotatable bonds is 1. The molecule has 2 heterocycles. The number of carbonyl (C=O) groups excluding carboxylic acids is 1. The van der Waals surface area contributed by atoms with Crippen molar-refractivity contribution < 1.29 is 4.79 Å². The molecule has 2 aliphatic heterocycles. The van der Waals surface area contributed by atoms with Crippen LogP contribution in [0.5, 0.6) is 0 Å². The summed E-state index contributed by atoms with van der Waals surface area (Å²) >= 11 is 0. The van der Waals surface area contributed by atoms with Gasteiger partial charge in [-0.1, -0.05) is 0 Å². The molecule has 0 aromatic carbocycles. The summed E-state index contributed by atoms with van der Waals surface area (Å²) < 4.78 is 0. The Hall–Kier alpha value is -0.810.